The highest BCUT2D eigenvalue weighted by atomic mass is 16.4. The Kier molecular flexibility index (Phi) is 20.0. The van der Waals surface area contributed by atoms with Gasteiger partial charge in [-0.1, -0.05) is 40.0 Å². The summed E-state index contributed by atoms with van der Waals surface area (Å²) in [4.78, 5) is 29.8. The molecule has 9 heteroatoms. The monoisotopic (exact) mass is 351 g/mol. The van der Waals surface area contributed by atoms with Crippen LogP contribution in [-0.4, -0.2) is 51.4 Å². The lowest BCUT2D eigenvalue weighted by molar-refractivity contribution is -0.139. The lowest BCUT2D eigenvalue weighted by atomic mass is 10.1. The van der Waals surface area contributed by atoms with Gasteiger partial charge >= 0.3 is 17.9 Å². The standard InChI is InChI=1S/C6H13NO2.C5H11NO2.C4H9NO2/c1-2-3-4-5(7)6(8)9;1-2-3-4(6)5(7)8;1-2-3(5)4(6)7/h5H,2-4,7H2,1H3,(H,8,9);4H,2-3,6H2,1H3,(H,7,8);3H,2,5H2,1H3,(H,6,7). The fourth-order valence-corrected chi connectivity index (χ4v) is 1.16. The van der Waals surface area contributed by atoms with Crippen LogP contribution in [0.1, 0.15) is 59.3 Å². The molecule has 24 heavy (non-hydrogen) atoms. The molecule has 0 fully saturated rings. The number of aliphatic carboxylic acids is 3. The summed E-state index contributed by atoms with van der Waals surface area (Å²) in [7, 11) is 0. The Balaban J connectivity index is -0.000000278. The molecule has 0 aromatic carbocycles. The molecule has 0 heterocycles. The molecule has 0 aromatic rings. The van der Waals surface area contributed by atoms with Gasteiger partial charge in [0.15, 0.2) is 0 Å². The Hall–Kier alpha value is -1.71. The quantitative estimate of drug-likeness (QED) is 0.345. The first-order valence-electron chi connectivity index (χ1n) is 8.00. The first-order valence-corrected chi connectivity index (χ1v) is 8.00. The van der Waals surface area contributed by atoms with Crippen molar-refractivity contribution in [1.82, 2.24) is 0 Å². The van der Waals surface area contributed by atoms with Crippen LogP contribution in [0, 0.1) is 0 Å². The second-order valence-corrected chi connectivity index (χ2v) is 5.17. The van der Waals surface area contributed by atoms with Crippen LogP contribution in [0.2, 0.25) is 0 Å². The maximum atomic E-state index is 10.1. The Morgan fingerprint density at radius 3 is 1.25 bits per heavy atom. The summed E-state index contributed by atoms with van der Waals surface area (Å²) in [6, 6.07) is -2.01. The molecular weight excluding hydrogens is 318 g/mol. The summed E-state index contributed by atoms with van der Waals surface area (Å²) >= 11 is 0. The van der Waals surface area contributed by atoms with E-state index in [9.17, 15) is 14.4 Å². The largest absolute Gasteiger partial charge is 0.480 e. The molecule has 0 amide bonds. The highest BCUT2D eigenvalue weighted by Gasteiger charge is 2.09. The predicted molar refractivity (Wildman–Crippen MR) is 91.6 cm³/mol. The maximum Gasteiger partial charge on any atom is 0.320 e. The second kappa shape index (κ2) is 17.6. The summed E-state index contributed by atoms with van der Waals surface area (Å²) in [6.07, 6.45) is 4.37. The summed E-state index contributed by atoms with van der Waals surface area (Å²) in [5.41, 5.74) is 15.3. The van der Waals surface area contributed by atoms with Gasteiger partial charge in [-0.2, -0.15) is 0 Å². The normalized spacial score (nSPS) is 13.2. The number of carbonyl (C=O) groups is 3. The van der Waals surface area contributed by atoms with Gasteiger partial charge < -0.3 is 32.5 Å². The van der Waals surface area contributed by atoms with Crippen LogP contribution in [0.5, 0.6) is 0 Å². The Labute approximate surface area is 143 Å². The van der Waals surface area contributed by atoms with Gasteiger partial charge in [-0.15, -0.1) is 0 Å². The van der Waals surface area contributed by atoms with E-state index in [1.165, 1.54) is 0 Å². The molecule has 9 N–H and O–H groups in total. The molecule has 0 bridgehead atoms. The summed E-state index contributed by atoms with van der Waals surface area (Å²) < 4.78 is 0. The van der Waals surface area contributed by atoms with Crippen molar-refractivity contribution in [3.8, 4) is 0 Å². The fourth-order valence-electron chi connectivity index (χ4n) is 1.16. The third-order valence-corrected chi connectivity index (χ3v) is 2.86. The van der Waals surface area contributed by atoms with Crippen LogP contribution in [0.15, 0.2) is 0 Å². The van der Waals surface area contributed by atoms with Crippen molar-refractivity contribution in [2.75, 3.05) is 0 Å². The van der Waals surface area contributed by atoms with Crippen molar-refractivity contribution in [3.63, 3.8) is 0 Å². The van der Waals surface area contributed by atoms with Crippen LogP contribution in [-0.2, 0) is 14.4 Å². The summed E-state index contributed by atoms with van der Waals surface area (Å²) in [5, 5.41) is 24.5. The van der Waals surface area contributed by atoms with E-state index in [0.717, 1.165) is 19.3 Å². The highest BCUT2D eigenvalue weighted by Crippen LogP contribution is 1.97. The SMILES string of the molecule is CCC(N)C(=O)O.CCCC(N)C(=O)O.CCCCC(N)C(=O)O. The number of hydrogen-bond donors (Lipinski definition) is 6. The first-order chi connectivity index (χ1) is 11.0. The van der Waals surface area contributed by atoms with Crippen LogP contribution >= 0.6 is 0 Å². The summed E-state index contributed by atoms with van der Waals surface area (Å²) in [6.45, 7) is 5.65. The molecule has 0 radical (unpaired) electrons. The first kappa shape index (κ1) is 27.2. The zero-order valence-electron chi connectivity index (χ0n) is 14.8. The zero-order chi connectivity index (χ0) is 19.7. The minimum Gasteiger partial charge on any atom is -0.480 e. The lowest BCUT2D eigenvalue weighted by Gasteiger charge is -2.02. The van der Waals surface area contributed by atoms with Crippen LogP contribution in [0.3, 0.4) is 0 Å². The van der Waals surface area contributed by atoms with Gasteiger partial charge in [0.25, 0.3) is 0 Å². The van der Waals surface area contributed by atoms with Gasteiger partial charge in [0.1, 0.15) is 18.1 Å². The molecule has 0 aliphatic rings. The molecular formula is C15H33N3O6. The molecule has 0 aromatic heterocycles. The van der Waals surface area contributed by atoms with Crippen LogP contribution in [0.25, 0.3) is 0 Å². The molecule has 0 aliphatic heterocycles. The molecule has 0 saturated heterocycles. The molecule has 0 aliphatic carbocycles. The molecule has 3 unspecified atom stereocenters. The molecule has 0 saturated carbocycles. The van der Waals surface area contributed by atoms with Crippen molar-refractivity contribution >= 4 is 17.9 Å². The van der Waals surface area contributed by atoms with Gasteiger partial charge in [0.2, 0.25) is 0 Å². The van der Waals surface area contributed by atoms with Gasteiger partial charge in [-0.3, -0.25) is 14.4 Å². The summed E-state index contributed by atoms with van der Waals surface area (Å²) in [5.74, 6) is -2.74. The minimum absolute atomic E-state index is 0.495. The number of unbranched alkanes of at least 4 members (excludes halogenated alkanes) is 1. The Morgan fingerprint density at radius 1 is 0.708 bits per heavy atom. The van der Waals surface area contributed by atoms with E-state index in [0.29, 0.717) is 19.3 Å². The lowest BCUT2D eigenvalue weighted by Crippen LogP contribution is -2.29. The third-order valence-electron chi connectivity index (χ3n) is 2.86. The molecule has 144 valence electrons. The number of carboxylic acid groups (broad SMARTS) is 3. The van der Waals surface area contributed by atoms with Gasteiger partial charge in [-0.05, 0) is 19.3 Å². The Morgan fingerprint density at radius 2 is 1.08 bits per heavy atom. The molecule has 0 spiro atoms. The highest BCUT2D eigenvalue weighted by molar-refractivity contribution is 5.73. The number of nitrogens with two attached hydrogens (primary N) is 3. The number of carboxylic acids is 3. The van der Waals surface area contributed by atoms with E-state index in [1.54, 1.807) is 6.92 Å². The number of rotatable bonds is 9. The van der Waals surface area contributed by atoms with Gasteiger partial charge in [0.05, 0.1) is 0 Å². The zero-order valence-corrected chi connectivity index (χ0v) is 14.8. The average molecular weight is 351 g/mol. The van der Waals surface area contributed by atoms with Gasteiger partial charge in [0, 0.05) is 0 Å². The van der Waals surface area contributed by atoms with Crippen molar-refractivity contribution in [2.45, 2.75) is 77.4 Å². The van der Waals surface area contributed by atoms with E-state index in [-0.39, 0.29) is 0 Å². The van der Waals surface area contributed by atoms with E-state index in [1.807, 2.05) is 13.8 Å². The van der Waals surface area contributed by atoms with E-state index >= 15 is 0 Å². The molecule has 0 rings (SSSR count). The van der Waals surface area contributed by atoms with Crippen LogP contribution < -0.4 is 17.2 Å². The Bertz CT molecular complexity index is 352. The smallest absolute Gasteiger partial charge is 0.320 e. The minimum atomic E-state index is -0.928. The van der Waals surface area contributed by atoms with E-state index in [4.69, 9.17) is 32.5 Å². The predicted octanol–water partition coefficient (Wildman–Crippen LogP) is 0.595. The number of hydrogen-bond acceptors (Lipinski definition) is 6. The molecule has 3 atom stereocenters. The maximum absolute atomic E-state index is 10.1. The van der Waals surface area contributed by atoms with Crippen LogP contribution in [0.4, 0.5) is 0 Å². The van der Waals surface area contributed by atoms with Crippen molar-refractivity contribution < 1.29 is 29.7 Å². The topological polar surface area (TPSA) is 190 Å². The van der Waals surface area contributed by atoms with E-state index < -0.39 is 36.0 Å². The van der Waals surface area contributed by atoms with E-state index in [2.05, 4.69) is 0 Å². The average Bonchev–Trinajstić information content (AvgIpc) is 2.52. The van der Waals surface area contributed by atoms with Crippen molar-refractivity contribution in [3.05, 3.63) is 0 Å². The van der Waals surface area contributed by atoms with Gasteiger partial charge in [-0.25, -0.2) is 0 Å². The second-order valence-electron chi connectivity index (χ2n) is 5.17. The fraction of sp³-hybridized carbons (Fsp3) is 0.800. The van der Waals surface area contributed by atoms with Crippen molar-refractivity contribution in [2.24, 2.45) is 17.2 Å². The molecule has 9 nitrogen and oxygen atoms in total. The third kappa shape index (κ3) is 20.3. The van der Waals surface area contributed by atoms with Crippen molar-refractivity contribution in [1.29, 1.82) is 0 Å².